The van der Waals surface area contributed by atoms with Gasteiger partial charge in [-0.25, -0.2) is 4.98 Å². The lowest BCUT2D eigenvalue weighted by atomic mass is 9.83. The van der Waals surface area contributed by atoms with Crippen molar-refractivity contribution in [2.45, 2.75) is 31.5 Å². The van der Waals surface area contributed by atoms with Gasteiger partial charge in [-0.1, -0.05) is 6.07 Å². The van der Waals surface area contributed by atoms with E-state index in [9.17, 15) is 5.11 Å². The maximum absolute atomic E-state index is 9.64. The summed E-state index contributed by atoms with van der Waals surface area (Å²) in [7, 11) is 0. The van der Waals surface area contributed by atoms with E-state index < -0.39 is 0 Å². The average Bonchev–Trinajstić information content (AvgIpc) is 2.44. The van der Waals surface area contributed by atoms with E-state index >= 15 is 0 Å². The highest BCUT2D eigenvalue weighted by molar-refractivity contribution is 5.92. The summed E-state index contributed by atoms with van der Waals surface area (Å²) in [6, 6.07) is 7.31. The van der Waals surface area contributed by atoms with Crippen molar-refractivity contribution in [2.75, 3.05) is 11.9 Å². The molecule has 5 heteroatoms. The third-order valence-electron chi connectivity index (χ3n) is 3.80. The fourth-order valence-electron chi connectivity index (χ4n) is 2.66. The summed E-state index contributed by atoms with van der Waals surface area (Å²) in [5.41, 5.74) is 6.05. The topological polar surface area (TPSA) is 80.4 Å². The molecule has 0 radical (unpaired) electrons. The van der Waals surface area contributed by atoms with Crippen LogP contribution in [0.5, 0.6) is 5.75 Å². The number of phenols is 1. The van der Waals surface area contributed by atoms with E-state index in [1.807, 2.05) is 19.1 Å². The van der Waals surface area contributed by atoms with E-state index in [4.69, 9.17) is 10.5 Å². The summed E-state index contributed by atoms with van der Waals surface area (Å²) in [6.07, 6.45) is 2.74. The van der Waals surface area contributed by atoms with Crippen LogP contribution in [-0.2, 0) is 4.74 Å². The van der Waals surface area contributed by atoms with Crippen molar-refractivity contribution < 1.29 is 9.84 Å². The Morgan fingerprint density at radius 2 is 2.30 bits per heavy atom. The lowest BCUT2D eigenvalue weighted by Crippen LogP contribution is -2.60. The predicted octanol–water partition coefficient (Wildman–Crippen LogP) is 1.86. The molecule has 3 unspecified atom stereocenters. The third kappa shape index (κ3) is 2.30. The Morgan fingerprint density at radius 3 is 3.05 bits per heavy atom. The molecule has 1 aliphatic rings. The lowest BCUT2D eigenvalue weighted by molar-refractivity contribution is -0.0126. The van der Waals surface area contributed by atoms with Crippen LogP contribution >= 0.6 is 0 Å². The zero-order valence-corrected chi connectivity index (χ0v) is 11.4. The van der Waals surface area contributed by atoms with Gasteiger partial charge in [-0.3, -0.25) is 0 Å². The lowest BCUT2D eigenvalue weighted by Gasteiger charge is -2.42. The molecule has 3 atom stereocenters. The summed E-state index contributed by atoms with van der Waals surface area (Å²) < 4.78 is 5.65. The van der Waals surface area contributed by atoms with Crippen LogP contribution in [-0.4, -0.2) is 34.9 Å². The summed E-state index contributed by atoms with van der Waals surface area (Å²) in [6.45, 7) is 2.66. The number of ether oxygens (including phenoxy) is 1. The van der Waals surface area contributed by atoms with E-state index in [2.05, 4.69) is 10.3 Å². The summed E-state index contributed by atoms with van der Waals surface area (Å²) in [5, 5.41) is 14.9. The first-order valence-electron chi connectivity index (χ1n) is 6.90. The summed E-state index contributed by atoms with van der Waals surface area (Å²) in [5.74, 6) is 0.969. The van der Waals surface area contributed by atoms with Crippen LogP contribution in [0.2, 0.25) is 0 Å². The number of anilines is 1. The number of aromatic hydroxyl groups is 1. The van der Waals surface area contributed by atoms with Crippen molar-refractivity contribution in [1.29, 1.82) is 0 Å². The number of pyridine rings is 1. The molecule has 1 saturated carbocycles. The third-order valence-corrected chi connectivity index (χ3v) is 3.80. The number of rotatable bonds is 4. The number of nitrogens with one attached hydrogen (secondary N) is 1. The van der Waals surface area contributed by atoms with Crippen LogP contribution in [0.25, 0.3) is 10.8 Å². The molecule has 0 spiro atoms. The highest BCUT2D eigenvalue weighted by atomic mass is 16.5. The van der Waals surface area contributed by atoms with Crippen LogP contribution in [0.15, 0.2) is 30.5 Å². The molecule has 2 aromatic rings. The first-order chi connectivity index (χ1) is 9.69. The van der Waals surface area contributed by atoms with Crippen molar-refractivity contribution >= 4 is 16.6 Å². The molecule has 5 nitrogen and oxygen atoms in total. The van der Waals surface area contributed by atoms with Gasteiger partial charge >= 0.3 is 0 Å². The van der Waals surface area contributed by atoms with Crippen LogP contribution in [0.4, 0.5) is 5.82 Å². The van der Waals surface area contributed by atoms with Crippen molar-refractivity contribution in [3.63, 3.8) is 0 Å². The number of nitrogens with two attached hydrogens (primary N) is 1. The molecule has 0 aliphatic heterocycles. The summed E-state index contributed by atoms with van der Waals surface area (Å²) in [4.78, 5) is 4.37. The van der Waals surface area contributed by atoms with Crippen molar-refractivity contribution in [3.05, 3.63) is 30.5 Å². The van der Waals surface area contributed by atoms with Gasteiger partial charge in [0.2, 0.25) is 0 Å². The highest BCUT2D eigenvalue weighted by Gasteiger charge is 2.39. The molecule has 3 rings (SSSR count). The molecular formula is C15H19N3O2. The van der Waals surface area contributed by atoms with Gasteiger partial charge in [0.1, 0.15) is 11.6 Å². The Labute approximate surface area is 117 Å². The van der Waals surface area contributed by atoms with Crippen LogP contribution in [0, 0.1) is 0 Å². The quantitative estimate of drug-likeness (QED) is 0.792. The molecule has 106 valence electrons. The second-order valence-electron chi connectivity index (χ2n) is 5.13. The molecule has 1 fully saturated rings. The monoisotopic (exact) mass is 273 g/mol. The number of benzene rings is 1. The van der Waals surface area contributed by atoms with Crippen molar-refractivity contribution in [3.8, 4) is 5.75 Å². The number of phenolic OH excluding ortho intramolecular Hbond substituents is 1. The van der Waals surface area contributed by atoms with Crippen LogP contribution in [0.3, 0.4) is 0 Å². The van der Waals surface area contributed by atoms with Crippen LogP contribution < -0.4 is 11.1 Å². The van der Waals surface area contributed by atoms with Crippen LogP contribution in [0.1, 0.15) is 13.3 Å². The number of hydrogen-bond acceptors (Lipinski definition) is 5. The predicted molar refractivity (Wildman–Crippen MR) is 78.8 cm³/mol. The SMILES string of the molecule is CCOC1CC(N)C1Nc1nccc2ccc(O)cc12. The Kier molecular flexibility index (Phi) is 3.46. The Bertz CT molecular complexity index is 615. The molecule has 1 aromatic heterocycles. The molecule has 4 N–H and O–H groups in total. The van der Waals surface area contributed by atoms with Crippen molar-refractivity contribution in [2.24, 2.45) is 5.73 Å². The molecule has 0 bridgehead atoms. The molecule has 1 aromatic carbocycles. The van der Waals surface area contributed by atoms with Gasteiger partial charge in [0.25, 0.3) is 0 Å². The highest BCUT2D eigenvalue weighted by Crippen LogP contribution is 2.30. The molecule has 1 heterocycles. The fraction of sp³-hybridized carbons (Fsp3) is 0.400. The minimum absolute atomic E-state index is 0.0652. The zero-order valence-electron chi connectivity index (χ0n) is 11.4. The standard InChI is InChI=1S/C15H19N3O2/c1-2-20-13-8-12(16)14(13)18-15-11-7-10(19)4-3-9(11)5-6-17-15/h3-7,12-14,19H,2,8,16H2,1H3,(H,17,18). The van der Waals surface area contributed by atoms with Gasteiger partial charge in [-0.15, -0.1) is 0 Å². The van der Waals surface area contributed by atoms with Gasteiger partial charge in [-0.05, 0) is 36.9 Å². The van der Waals surface area contributed by atoms with E-state index in [-0.39, 0.29) is 23.9 Å². The van der Waals surface area contributed by atoms with E-state index in [1.165, 1.54) is 0 Å². The van der Waals surface area contributed by atoms with Gasteiger partial charge in [0.15, 0.2) is 0 Å². The Morgan fingerprint density at radius 1 is 1.45 bits per heavy atom. The first kappa shape index (κ1) is 13.1. The number of nitrogens with zero attached hydrogens (tertiary/aromatic N) is 1. The maximum Gasteiger partial charge on any atom is 0.134 e. The number of aromatic nitrogens is 1. The Balaban J connectivity index is 1.89. The largest absolute Gasteiger partial charge is 0.508 e. The second-order valence-corrected chi connectivity index (χ2v) is 5.13. The number of hydrogen-bond donors (Lipinski definition) is 3. The minimum atomic E-state index is 0.0652. The Hall–Kier alpha value is -1.85. The van der Waals surface area contributed by atoms with Gasteiger partial charge in [0.05, 0.1) is 12.1 Å². The van der Waals surface area contributed by atoms with E-state index in [0.717, 1.165) is 23.0 Å². The molecular weight excluding hydrogens is 254 g/mol. The average molecular weight is 273 g/mol. The number of fused-ring (bicyclic) bond motifs is 1. The van der Waals surface area contributed by atoms with Crippen molar-refractivity contribution in [1.82, 2.24) is 4.98 Å². The smallest absolute Gasteiger partial charge is 0.134 e. The normalized spacial score (nSPS) is 25.4. The minimum Gasteiger partial charge on any atom is -0.508 e. The maximum atomic E-state index is 9.64. The first-order valence-corrected chi connectivity index (χ1v) is 6.90. The van der Waals surface area contributed by atoms with E-state index in [1.54, 1.807) is 18.3 Å². The van der Waals surface area contributed by atoms with Gasteiger partial charge < -0.3 is 20.9 Å². The summed E-state index contributed by atoms with van der Waals surface area (Å²) >= 11 is 0. The molecule has 1 aliphatic carbocycles. The fourth-order valence-corrected chi connectivity index (χ4v) is 2.66. The molecule has 20 heavy (non-hydrogen) atoms. The van der Waals surface area contributed by atoms with E-state index in [0.29, 0.717) is 6.61 Å². The zero-order chi connectivity index (χ0) is 14.1. The molecule has 0 amide bonds. The molecule has 0 saturated heterocycles. The second kappa shape index (κ2) is 5.26. The van der Waals surface area contributed by atoms with Gasteiger partial charge in [-0.2, -0.15) is 0 Å². The van der Waals surface area contributed by atoms with Gasteiger partial charge in [0, 0.05) is 24.2 Å².